The number of hydrogen-bond donors (Lipinski definition) is 1. The Bertz CT molecular complexity index is 477. The number of aromatic nitrogens is 3. The molecule has 0 aliphatic rings. The van der Waals surface area contributed by atoms with Gasteiger partial charge in [-0.3, -0.25) is 9.67 Å². The van der Waals surface area contributed by atoms with E-state index in [9.17, 15) is 5.11 Å². The highest BCUT2D eigenvalue weighted by molar-refractivity contribution is 5.61. The van der Waals surface area contributed by atoms with Gasteiger partial charge in [0.2, 0.25) is 0 Å². The smallest absolute Gasteiger partial charge is 0.0979 e. The first-order chi connectivity index (χ1) is 8.20. The van der Waals surface area contributed by atoms with Gasteiger partial charge in [0, 0.05) is 36.3 Å². The SMILES string of the molecule is CC(C)Cn1cc(CO)c(-c2ccncc2)n1. The van der Waals surface area contributed by atoms with Crippen molar-refractivity contribution in [3.8, 4) is 11.3 Å². The number of pyridine rings is 1. The molecule has 2 heterocycles. The van der Waals surface area contributed by atoms with Crippen LogP contribution in [0.5, 0.6) is 0 Å². The van der Waals surface area contributed by atoms with Crippen molar-refractivity contribution in [2.75, 3.05) is 0 Å². The van der Waals surface area contributed by atoms with Gasteiger partial charge in [0.25, 0.3) is 0 Å². The highest BCUT2D eigenvalue weighted by Crippen LogP contribution is 2.21. The molecule has 0 aliphatic carbocycles. The van der Waals surface area contributed by atoms with Crippen LogP contribution in [0.2, 0.25) is 0 Å². The zero-order chi connectivity index (χ0) is 12.3. The van der Waals surface area contributed by atoms with E-state index in [-0.39, 0.29) is 6.61 Å². The van der Waals surface area contributed by atoms with E-state index in [1.165, 1.54) is 0 Å². The molecule has 0 bridgehead atoms. The summed E-state index contributed by atoms with van der Waals surface area (Å²) in [7, 11) is 0. The van der Waals surface area contributed by atoms with Crippen LogP contribution in [0.4, 0.5) is 0 Å². The standard InChI is InChI=1S/C13H17N3O/c1-10(2)7-16-8-12(9-17)13(15-16)11-3-5-14-6-4-11/h3-6,8,10,17H,7,9H2,1-2H3. The molecule has 0 amide bonds. The van der Waals surface area contributed by atoms with Crippen LogP contribution in [0, 0.1) is 5.92 Å². The lowest BCUT2D eigenvalue weighted by Gasteiger charge is -2.03. The molecular weight excluding hydrogens is 214 g/mol. The number of hydrogen-bond acceptors (Lipinski definition) is 3. The monoisotopic (exact) mass is 231 g/mol. The van der Waals surface area contributed by atoms with Crippen LogP contribution >= 0.6 is 0 Å². The number of aliphatic hydroxyl groups excluding tert-OH is 1. The molecule has 0 unspecified atom stereocenters. The van der Waals surface area contributed by atoms with Gasteiger partial charge in [0.1, 0.15) is 0 Å². The number of rotatable bonds is 4. The molecule has 0 aromatic carbocycles. The molecule has 2 aromatic heterocycles. The van der Waals surface area contributed by atoms with Crippen LogP contribution in [-0.2, 0) is 13.2 Å². The third-order valence-corrected chi connectivity index (χ3v) is 2.51. The molecule has 4 heteroatoms. The van der Waals surface area contributed by atoms with Crippen molar-refractivity contribution in [3.05, 3.63) is 36.3 Å². The quantitative estimate of drug-likeness (QED) is 0.876. The lowest BCUT2D eigenvalue weighted by Crippen LogP contribution is -2.04. The normalized spacial score (nSPS) is 11.1. The highest BCUT2D eigenvalue weighted by atomic mass is 16.3. The van der Waals surface area contributed by atoms with Gasteiger partial charge in [-0.2, -0.15) is 5.10 Å². The van der Waals surface area contributed by atoms with Gasteiger partial charge in [-0.15, -0.1) is 0 Å². The molecular formula is C13H17N3O. The summed E-state index contributed by atoms with van der Waals surface area (Å²) in [6.07, 6.45) is 5.38. The van der Waals surface area contributed by atoms with E-state index in [2.05, 4.69) is 23.9 Å². The van der Waals surface area contributed by atoms with Crippen LogP contribution in [0.15, 0.2) is 30.7 Å². The lowest BCUT2D eigenvalue weighted by molar-refractivity contribution is 0.282. The van der Waals surface area contributed by atoms with E-state index >= 15 is 0 Å². The molecule has 0 saturated heterocycles. The van der Waals surface area contributed by atoms with Gasteiger partial charge in [0.15, 0.2) is 0 Å². The van der Waals surface area contributed by atoms with E-state index in [4.69, 9.17) is 0 Å². The van der Waals surface area contributed by atoms with Crippen LogP contribution < -0.4 is 0 Å². The minimum atomic E-state index is 0.00967. The summed E-state index contributed by atoms with van der Waals surface area (Å²) in [6, 6.07) is 3.81. The molecule has 0 atom stereocenters. The summed E-state index contributed by atoms with van der Waals surface area (Å²) >= 11 is 0. The van der Waals surface area contributed by atoms with E-state index in [1.54, 1.807) is 12.4 Å². The van der Waals surface area contributed by atoms with Crippen molar-refractivity contribution >= 4 is 0 Å². The summed E-state index contributed by atoms with van der Waals surface area (Å²) in [5.41, 5.74) is 2.69. The van der Waals surface area contributed by atoms with Crippen molar-refractivity contribution in [1.82, 2.24) is 14.8 Å². The predicted octanol–water partition coefficient (Wildman–Crippen LogP) is 2.09. The van der Waals surface area contributed by atoms with Crippen LogP contribution in [-0.4, -0.2) is 19.9 Å². The Balaban J connectivity index is 2.36. The second-order valence-electron chi connectivity index (χ2n) is 4.51. The Kier molecular flexibility index (Phi) is 3.54. The van der Waals surface area contributed by atoms with Crippen LogP contribution in [0.1, 0.15) is 19.4 Å². The summed E-state index contributed by atoms with van der Waals surface area (Å²) < 4.78 is 1.89. The maximum Gasteiger partial charge on any atom is 0.0979 e. The zero-order valence-electron chi connectivity index (χ0n) is 10.2. The van der Waals surface area contributed by atoms with Crippen LogP contribution in [0.3, 0.4) is 0 Å². The van der Waals surface area contributed by atoms with E-state index in [1.807, 2.05) is 23.0 Å². The van der Waals surface area contributed by atoms with Crippen molar-refractivity contribution in [2.24, 2.45) is 5.92 Å². The minimum Gasteiger partial charge on any atom is -0.392 e. The molecule has 0 radical (unpaired) electrons. The van der Waals surface area contributed by atoms with E-state index in [0.29, 0.717) is 5.92 Å². The Morgan fingerprint density at radius 2 is 2.00 bits per heavy atom. The Morgan fingerprint density at radius 3 is 2.59 bits per heavy atom. The molecule has 17 heavy (non-hydrogen) atoms. The topological polar surface area (TPSA) is 50.9 Å². The predicted molar refractivity (Wildman–Crippen MR) is 66.2 cm³/mol. The second-order valence-corrected chi connectivity index (χ2v) is 4.51. The molecule has 0 spiro atoms. The zero-order valence-corrected chi connectivity index (χ0v) is 10.2. The van der Waals surface area contributed by atoms with E-state index in [0.717, 1.165) is 23.4 Å². The van der Waals surface area contributed by atoms with Gasteiger partial charge in [-0.25, -0.2) is 0 Å². The molecule has 1 N–H and O–H groups in total. The Morgan fingerprint density at radius 1 is 1.29 bits per heavy atom. The summed E-state index contributed by atoms with van der Waals surface area (Å²) in [5.74, 6) is 0.534. The molecule has 90 valence electrons. The van der Waals surface area contributed by atoms with Gasteiger partial charge >= 0.3 is 0 Å². The average molecular weight is 231 g/mol. The van der Waals surface area contributed by atoms with Gasteiger partial charge in [-0.1, -0.05) is 13.8 Å². The number of aliphatic hydroxyl groups is 1. The second kappa shape index (κ2) is 5.10. The van der Waals surface area contributed by atoms with Crippen molar-refractivity contribution < 1.29 is 5.11 Å². The lowest BCUT2D eigenvalue weighted by atomic mass is 10.1. The van der Waals surface area contributed by atoms with Crippen LogP contribution in [0.25, 0.3) is 11.3 Å². The summed E-state index contributed by atoms with van der Waals surface area (Å²) in [5, 5.41) is 13.9. The number of nitrogens with zero attached hydrogens (tertiary/aromatic N) is 3. The first kappa shape index (κ1) is 11.8. The molecule has 0 fully saturated rings. The summed E-state index contributed by atoms with van der Waals surface area (Å²) in [4.78, 5) is 3.98. The van der Waals surface area contributed by atoms with Gasteiger partial charge in [0.05, 0.1) is 12.3 Å². The maximum atomic E-state index is 9.36. The molecule has 0 saturated carbocycles. The van der Waals surface area contributed by atoms with Crippen molar-refractivity contribution in [2.45, 2.75) is 27.0 Å². The maximum absolute atomic E-state index is 9.36. The fourth-order valence-electron chi connectivity index (χ4n) is 1.80. The highest BCUT2D eigenvalue weighted by Gasteiger charge is 2.10. The minimum absolute atomic E-state index is 0.00967. The van der Waals surface area contributed by atoms with E-state index < -0.39 is 0 Å². The molecule has 2 rings (SSSR count). The fraction of sp³-hybridized carbons (Fsp3) is 0.385. The Hall–Kier alpha value is -1.68. The first-order valence-electron chi connectivity index (χ1n) is 5.78. The third-order valence-electron chi connectivity index (χ3n) is 2.51. The molecule has 2 aromatic rings. The molecule has 4 nitrogen and oxygen atoms in total. The first-order valence-corrected chi connectivity index (χ1v) is 5.78. The molecule has 0 aliphatic heterocycles. The average Bonchev–Trinajstić information content (AvgIpc) is 2.72. The fourth-order valence-corrected chi connectivity index (χ4v) is 1.80. The van der Waals surface area contributed by atoms with Gasteiger partial charge in [-0.05, 0) is 18.1 Å². The summed E-state index contributed by atoms with van der Waals surface area (Å²) in [6.45, 7) is 5.16. The van der Waals surface area contributed by atoms with Gasteiger partial charge < -0.3 is 5.11 Å². The van der Waals surface area contributed by atoms with Crippen molar-refractivity contribution in [1.29, 1.82) is 0 Å². The Labute approximate surface area is 101 Å². The van der Waals surface area contributed by atoms with Crippen molar-refractivity contribution in [3.63, 3.8) is 0 Å². The largest absolute Gasteiger partial charge is 0.392 e. The third kappa shape index (κ3) is 2.71.